The maximum absolute atomic E-state index is 11.2. The third-order valence-corrected chi connectivity index (χ3v) is 1.62. The molecule has 0 saturated carbocycles. The molecule has 5 heteroatoms. The predicted octanol–water partition coefficient (Wildman–Crippen LogP) is 0.462. The van der Waals surface area contributed by atoms with Gasteiger partial charge in [0, 0.05) is 0 Å². The Hall–Kier alpha value is -1.65. The highest BCUT2D eigenvalue weighted by atomic mass is 16.5. The summed E-state index contributed by atoms with van der Waals surface area (Å²) in [5.74, 6) is 0.203. The number of aryl methyl sites for hydroxylation is 2. The van der Waals surface area contributed by atoms with Crippen LogP contribution in [0.25, 0.3) is 0 Å². The van der Waals surface area contributed by atoms with Crippen LogP contribution in [0.2, 0.25) is 0 Å². The van der Waals surface area contributed by atoms with Crippen molar-refractivity contribution in [3.63, 3.8) is 0 Å². The minimum absolute atomic E-state index is 0.164. The highest BCUT2D eigenvalue weighted by Gasteiger charge is 2.15. The number of hydrogen-bond acceptors (Lipinski definition) is 5. The quantitative estimate of drug-likeness (QED) is 0.637. The molecular weight excluding hydrogens is 170 g/mol. The Bertz CT molecular complexity index is 326. The van der Waals surface area contributed by atoms with E-state index in [1.807, 2.05) is 0 Å². The molecule has 70 valence electrons. The van der Waals surface area contributed by atoms with Gasteiger partial charge in [0.1, 0.15) is 17.2 Å². The van der Waals surface area contributed by atoms with Gasteiger partial charge in [0.25, 0.3) is 0 Å². The first-order chi connectivity index (χ1) is 6.06. The fraction of sp³-hybridized carbons (Fsp3) is 0.375. The lowest BCUT2D eigenvalue weighted by molar-refractivity contribution is 0.0600. The molecule has 0 amide bonds. The van der Waals surface area contributed by atoms with Gasteiger partial charge in [0.15, 0.2) is 0 Å². The van der Waals surface area contributed by atoms with E-state index in [-0.39, 0.29) is 11.4 Å². The predicted molar refractivity (Wildman–Crippen MR) is 47.3 cm³/mol. The van der Waals surface area contributed by atoms with Crippen LogP contribution in [0.4, 0.5) is 5.82 Å². The summed E-state index contributed by atoms with van der Waals surface area (Å²) < 4.78 is 4.54. The van der Waals surface area contributed by atoms with E-state index < -0.39 is 5.97 Å². The molecule has 1 heterocycles. The molecule has 0 aromatic carbocycles. The first-order valence-electron chi connectivity index (χ1n) is 3.75. The van der Waals surface area contributed by atoms with Crippen molar-refractivity contribution >= 4 is 11.8 Å². The molecular formula is C8H11N3O2. The van der Waals surface area contributed by atoms with Crippen LogP contribution in [0, 0.1) is 13.8 Å². The molecule has 0 saturated heterocycles. The molecule has 0 spiro atoms. The number of esters is 1. The summed E-state index contributed by atoms with van der Waals surface area (Å²) in [4.78, 5) is 19.1. The van der Waals surface area contributed by atoms with E-state index in [0.717, 1.165) is 0 Å². The summed E-state index contributed by atoms with van der Waals surface area (Å²) in [6.07, 6.45) is 0. The smallest absolute Gasteiger partial charge is 0.343 e. The Kier molecular flexibility index (Phi) is 2.46. The number of aromatic nitrogens is 2. The topological polar surface area (TPSA) is 78.1 Å². The fourth-order valence-electron chi connectivity index (χ4n) is 1.09. The lowest BCUT2D eigenvalue weighted by Gasteiger charge is -2.06. The average Bonchev–Trinajstić information content (AvgIpc) is 2.02. The number of nitrogens with zero attached hydrogens (tertiary/aromatic N) is 2. The molecule has 0 aliphatic carbocycles. The Balaban J connectivity index is 3.28. The van der Waals surface area contributed by atoms with Crippen molar-refractivity contribution in [1.82, 2.24) is 9.97 Å². The van der Waals surface area contributed by atoms with Gasteiger partial charge in [-0.25, -0.2) is 14.8 Å². The van der Waals surface area contributed by atoms with E-state index in [4.69, 9.17) is 5.73 Å². The molecule has 0 bridgehead atoms. The zero-order valence-electron chi connectivity index (χ0n) is 7.79. The van der Waals surface area contributed by atoms with E-state index in [1.54, 1.807) is 13.8 Å². The van der Waals surface area contributed by atoms with E-state index in [0.29, 0.717) is 11.5 Å². The van der Waals surface area contributed by atoms with E-state index >= 15 is 0 Å². The van der Waals surface area contributed by atoms with E-state index in [2.05, 4.69) is 14.7 Å². The Labute approximate surface area is 75.9 Å². The Morgan fingerprint density at radius 1 is 1.38 bits per heavy atom. The van der Waals surface area contributed by atoms with Gasteiger partial charge < -0.3 is 10.5 Å². The fourth-order valence-corrected chi connectivity index (χ4v) is 1.09. The lowest BCUT2D eigenvalue weighted by Crippen LogP contribution is -2.12. The number of ether oxygens (including phenoxy) is 1. The van der Waals surface area contributed by atoms with Crippen molar-refractivity contribution in [2.75, 3.05) is 12.8 Å². The van der Waals surface area contributed by atoms with Gasteiger partial charge >= 0.3 is 5.97 Å². The molecule has 0 atom stereocenters. The molecule has 1 aromatic rings. The largest absolute Gasteiger partial charge is 0.465 e. The van der Waals surface area contributed by atoms with Crippen molar-refractivity contribution in [3.05, 3.63) is 17.1 Å². The Morgan fingerprint density at radius 2 is 2.00 bits per heavy atom. The number of nitrogens with two attached hydrogens (primary N) is 1. The van der Waals surface area contributed by atoms with Gasteiger partial charge in [-0.2, -0.15) is 0 Å². The van der Waals surface area contributed by atoms with Gasteiger partial charge in [0.2, 0.25) is 0 Å². The standard InChI is InChI=1S/C8H11N3O2/c1-4-6(8(12)13-3)7(9)11-5(2)10-4/h1-3H3,(H2,9,10,11). The van der Waals surface area contributed by atoms with E-state index in [9.17, 15) is 4.79 Å². The van der Waals surface area contributed by atoms with Crippen molar-refractivity contribution in [2.45, 2.75) is 13.8 Å². The minimum atomic E-state index is -0.505. The second-order valence-corrected chi connectivity index (χ2v) is 2.61. The first-order valence-corrected chi connectivity index (χ1v) is 3.75. The first kappa shape index (κ1) is 9.44. The van der Waals surface area contributed by atoms with Crippen LogP contribution < -0.4 is 5.73 Å². The molecule has 13 heavy (non-hydrogen) atoms. The number of nitrogen functional groups attached to an aromatic ring is 1. The third-order valence-electron chi connectivity index (χ3n) is 1.62. The maximum Gasteiger partial charge on any atom is 0.343 e. The second-order valence-electron chi connectivity index (χ2n) is 2.61. The normalized spacial score (nSPS) is 9.77. The minimum Gasteiger partial charge on any atom is -0.465 e. The number of rotatable bonds is 1. The summed E-state index contributed by atoms with van der Waals surface area (Å²) >= 11 is 0. The number of carbonyl (C=O) groups is 1. The molecule has 0 unspecified atom stereocenters. The molecule has 1 aromatic heterocycles. The van der Waals surface area contributed by atoms with Gasteiger partial charge in [-0.3, -0.25) is 0 Å². The van der Waals surface area contributed by atoms with Crippen molar-refractivity contribution in [3.8, 4) is 0 Å². The molecule has 0 radical (unpaired) electrons. The second kappa shape index (κ2) is 3.38. The number of anilines is 1. The van der Waals surface area contributed by atoms with Gasteiger partial charge in [0.05, 0.1) is 12.8 Å². The molecule has 2 N–H and O–H groups in total. The maximum atomic E-state index is 11.2. The summed E-state index contributed by atoms with van der Waals surface area (Å²) in [5.41, 5.74) is 6.33. The van der Waals surface area contributed by atoms with Gasteiger partial charge in [-0.05, 0) is 13.8 Å². The average molecular weight is 181 g/mol. The van der Waals surface area contributed by atoms with Crippen molar-refractivity contribution in [1.29, 1.82) is 0 Å². The van der Waals surface area contributed by atoms with Crippen LogP contribution in [0.5, 0.6) is 0 Å². The molecule has 1 rings (SSSR count). The molecule has 0 aliphatic rings. The molecule has 5 nitrogen and oxygen atoms in total. The monoisotopic (exact) mass is 181 g/mol. The third kappa shape index (κ3) is 1.74. The molecule has 0 fully saturated rings. The van der Waals surface area contributed by atoms with Crippen molar-refractivity contribution in [2.24, 2.45) is 0 Å². The van der Waals surface area contributed by atoms with Crippen LogP contribution >= 0.6 is 0 Å². The highest BCUT2D eigenvalue weighted by Crippen LogP contribution is 2.13. The zero-order chi connectivity index (χ0) is 10.0. The lowest BCUT2D eigenvalue weighted by atomic mass is 10.2. The van der Waals surface area contributed by atoms with Crippen LogP contribution in [0.15, 0.2) is 0 Å². The van der Waals surface area contributed by atoms with Crippen LogP contribution in [-0.2, 0) is 4.74 Å². The summed E-state index contributed by atoms with van der Waals surface area (Å²) in [6, 6.07) is 0. The van der Waals surface area contributed by atoms with Crippen LogP contribution in [0.3, 0.4) is 0 Å². The van der Waals surface area contributed by atoms with E-state index in [1.165, 1.54) is 7.11 Å². The SMILES string of the molecule is COC(=O)c1c(C)nc(C)nc1N. The summed E-state index contributed by atoms with van der Waals surface area (Å²) in [6.45, 7) is 3.40. The highest BCUT2D eigenvalue weighted by molar-refractivity contribution is 5.95. The summed E-state index contributed by atoms with van der Waals surface area (Å²) in [5, 5.41) is 0. The van der Waals surface area contributed by atoms with Gasteiger partial charge in [-0.1, -0.05) is 0 Å². The number of carbonyl (C=O) groups excluding carboxylic acids is 1. The molecule has 0 aliphatic heterocycles. The number of methoxy groups -OCH3 is 1. The number of hydrogen-bond donors (Lipinski definition) is 1. The Morgan fingerprint density at radius 3 is 2.46 bits per heavy atom. The van der Waals surface area contributed by atoms with Crippen molar-refractivity contribution < 1.29 is 9.53 Å². The van der Waals surface area contributed by atoms with Gasteiger partial charge in [-0.15, -0.1) is 0 Å². The van der Waals surface area contributed by atoms with Crippen LogP contribution in [0.1, 0.15) is 21.9 Å². The summed E-state index contributed by atoms with van der Waals surface area (Å²) in [7, 11) is 1.29. The zero-order valence-corrected chi connectivity index (χ0v) is 7.79. The van der Waals surface area contributed by atoms with Crippen LogP contribution in [-0.4, -0.2) is 23.0 Å².